The van der Waals surface area contributed by atoms with Crippen molar-refractivity contribution in [3.05, 3.63) is 21.9 Å². The molecule has 0 aromatic carbocycles. The number of rotatable bonds is 6. The Kier molecular flexibility index (Phi) is 5.86. The first-order chi connectivity index (χ1) is 9.28. The number of thiophene rings is 1. The van der Waals surface area contributed by atoms with Gasteiger partial charge in [-0.1, -0.05) is 27.2 Å². The first-order valence-electron chi connectivity index (χ1n) is 7.81. The number of aryl methyl sites for hydroxylation is 1. The van der Waals surface area contributed by atoms with E-state index in [4.69, 9.17) is 0 Å². The van der Waals surface area contributed by atoms with Gasteiger partial charge in [-0.25, -0.2) is 0 Å². The van der Waals surface area contributed by atoms with Crippen molar-refractivity contribution in [2.45, 2.75) is 65.1 Å². The van der Waals surface area contributed by atoms with E-state index in [2.05, 4.69) is 42.4 Å². The van der Waals surface area contributed by atoms with Crippen LogP contribution in [0.4, 0.5) is 0 Å². The van der Waals surface area contributed by atoms with Gasteiger partial charge in [-0.05, 0) is 36.3 Å². The van der Waals surface area contributed by atoms with Crippen LogP contribution in [-0.2, 0) is 13.0 Å². The van der Waals surface area contributed by atoms with Crippen LogP contribution in [0.25, 0.3) is 0 Å². The number of hydrogen-bond acceptors (Lipinski definition) is 3. The summed E-state index contributed by atoms with van der Waals surface area (Å²) >= 11 is 1.93. The van der Waals surface area contributed by atoms with Crippen LogP contribution < -0.4 is 5.32 Å². The zero-order valence-corrected chi connectivity index (χ0v) is 13.4. The quantitative estimate of drug-likeness (QED) is 0.855. The normalized spacial score (nSPS) is 24.8. The van der Waals surface area contributed by atoms with Crippen LogP contribution >= 0.6 is 11.3 Å². The predicted octanol–water partition coefficient (Wildman–Crippen LogP) is 3.66. The van der Waals surface area contributed by atoms with E-state index in [1.165, 1.54) is 32.2 Å². The third-order valence-electron chi connectivity index (χ3n) is 4.29. The molecule has 19 heavy (non-hydrogen) atoms. The van der Waals surface area contributed by atoms with Crippen molar-refractivity contribution in [1.82, 2.24) is 10.2 Å². The minimum Gasteiger partial charge on any atom is -0.311 e. The first-order valence-corrected chi connectivity index (χ1v) is 8.69. The van der Waals surface area contributed by atoms with E-state index in [0.29, 0.717) is 12.1 Å². The van der Waals surface area contributed by atoms with E-state index >= 15 is 0 Å². The molecule has 0 aliphatic carbocycles. The van der Waals surface area contributed by atoms with Gasteiger partial charge in [0.15, 0.2) is 0 Å². The van der Waals surface area contributed by atoms with E-state index < -0.39 is 0 Å². The summed E-state index contributed by atoms with van der Waals surface area (Å²) in [5.41, 5.74) is 1.55. The second kappa shape index (κ2) is 7.41. The van der Waals surface area contributed by atoms with Gasteiger partial charge >= 0.3 is 0 Å². The van der Waals surface area contributed by atoms with Crippen molar-refractivity contribution in [1.29, 1.82) is 0 Å². The zero-order chi connectivity index (χ0) is 13.7. The fourth-order valence-corrected chi connectivity index (χ4v) is 4.07. The molecule has 1 aliphatic heterocycles. The Balaban J connectivity index is 2.02. The summed E-state index contributed by atoms with van der Waals surface area (Å²) in [6.07, 6.45) is 5.00. The average Bonchev–Trinajstić information content (AvgIpc) is 2.87. The van der Waals surface area contributed by atoms with Gasteiger partial charge in [0.05, 0.1) is 0 Å². The molecule has 1 saturated heterocycles. The Morgan fingerprint density at radius 1 is 1.37 bits per heavy atom. The Morgan fingerprint density at radius 2 is 2.21 bits per heavy atom. The second-order valence-electron chi connectivity index (χ2n) is 5.61. The summed E-state index contributed by atoms with van der Waals surface area (Å²) in [6.45, 7) is 10.4. The molecule has 2 nitrogen and oxygen atoms in total. The van der Waals surface area contributed by atoms with Crippen molar-refractivity contribution < 1.29 is 0 Å². The molecule has 1 aliphatic rings. The molecule has 0 spiro atoms. The van der Waals surface area contributed by atoms with Crippen LogP contribution in [0.3, 0.4) is 0 Å². The Bertz CT molecular complexity index is 375. The molecule has 3 heteroatoms. The van der Waals surface area contributed by atoms with Crippen molar-refractivity contribution in [2.24, 2.45) is 0 Å². The Hall–Kier alpha value is -0.380. The SMILES string of the molecule is CCCC1CN(Cc2sccc2CC)C(CC)CN1. The molecule has 2 unspecified atom stereocenters. The van der Waals surface area contributed by atoms with Crippen molar-refractivity contribution in [3.8, 4) is 0 Å². The fraction of sp³-hybridized carbons (Fsp3) is 0.750. The maximum atomic E-state index is 3.72. The van der Waals surface area contributed by atoms with E-state index in [1.807, 2.05) is 11.3 Å². The molecule has 0 bridgehead atoms. The largest absolute Gasteiger partial charge is 0.311 e. The summed E-state index contributed by atoms with van der Waals surface area (Å²) in [7, 11) is 0. The van der Waals surface area contributed by atoms with Gasteiger partial charge in [-0.2, -0.15) is 0 Å². The second-order valence-corrected chi connectivity index (χ2v) is 6.61. The minimum atomic E-state index is 0.692. The number of nitrogens with one attached hydrogen (secondary N) is 1. The highest BCUT2D eigenvalue weighted by Crippen LogP contribution is 2.23. The summed E-state index contributed by atoms with van der Waals surface area (Å²) < 4.78 is 0. The lowest BCUT2D eigenvalue weighted by Gasteiger charge is -2.40. The van der Waals surface area contributed by atoms with E-state index in [1.54, 1.807) is 10.4 Å². The summed E-state index contributed by atoms with van der Waals surface area (Å²) in [4.78, 5) is 4.29. The van der Waals surface area contributed by atoms with E-state index in [0.717, 1.165) is 13.1 Å². The molecule has 1 fully saturated rings. The molecule has 0 amide bonds. The highest BCUT2D eigenvalue weighted by Gasteiger charge is 2.26. The third-order valence-corrected chi connectivity index (χ3v) is 5.24. The first kappa shape index (κ1) is 15.0. The molecular weight excluding hydrogens is 252 g/mol. The molecule has 2 atom stereocenters. The molecule has 1 aromatic heterocycles. The van der Waals surface area contributed by atoms with Crippen molar-refractivity contribution in [2.75, 3.05) is 13.1 Å². The van der Waals surface area contributed by atoms with Crippen LogP contribution in [0.15, 0.2) is 11.4 Å². The fourth-order valence-electron chi connectivity index (χ4n) is 3.07. The van der Waals surface area contributed by atoms with Gasteiger partial charge in [0, 0.05) is 36.6 Å². The molecule has 0 radical (unpaired) electrons. The molecule has 1 N–H and O–H groups in total. The smallest absolute Gasteiger partial charge is 0.0334 e. The zero-order valence-electron chi connectivity index (χ0n) is 12.6. The van der Waals surface area contributed by atoms with Gasteiger partial charge in [0.1, 0.15) is 0 Å². The predicted molar refractivity (Wildman–Crippen MR) is 84.9 cm³/mol. The molecule has 108 valence electrons. The topological polar surface area (TPSA) is 15.3 Å². The van der Waals surface area contributed by atoms with Gasteiger partial charge in [0.2, 0.25) is 0 Å². The molecule has 2 rings (SSSR count). The van der Waals surface area contributed by atoms with Crippen molar-refractivity contribution in [3.63, 3.8) is 0 Å². The van der Waals surface area contributed by atoms with E-state index in [9.17, 15) is 0 Å². The summed E-state index contributed by atoms with van der Waals surface area (Å²) in [6, 6.07) is 3.70. The van der Waals surface area contributed by atoms with Crippen molar-refractivity contribution >= 4 is 11.3 Å². The van der Waals surface area contributed by atoms with Crippen LogP contribution in [0.1, 0.15) is 50.5 Å². The van der Waals surface area contributed by atoms with Crippen LogP contribution in [0.2, 0.25) is 0 Å². The van der Waals surface area contributed by atoms with Crippen LogP contribution in [0, 0.1) is 0 Å². The standard InChI is InChI=1S/C16H28N2S/c1-4-7-14-11-18(15(6-3)10-17-14)12-16-13(5-2)8-9-19-16/h8-9,14-15,17H,4-7,10-12H2,1-3H3. The number of nitrogens with zero attached hydrogens (tertiary/aromatic N) is 1. The number of piperazine rings is 1. The molecule has 0 saturated carbocycles. The molecule has 1 aromatic rings. The van der Waals surface area contributed by atoms with Gasteiger partial charge < -0.3 is 5.32 Å². The maximum Gasteiger partial charge on any atom is 0.0334 e. The Morgan fingerprint density at radius 3 is 2.89 bits per heavy atom. The van der Waals surface area contributed by atoms with Gasteiger partial charge in [0.25, 0.3) is 0 Å². The lowest BCUT2D eigenvalue weighted by atomic mass is 10.0. The van der Waals surface area contributed by atoms with Crippen LogP contribution in [-0.4, -0.2) is 30.1 Å². The highest BCUT2D eigenvalue weighted by molar-refractivity contribution is 7.10. The third kappa shape index (κ3) is 3.80. The monoisotopic (exact) mass is 280 g/mol. The van der Waals surface area contributed by atoms with Gasteiger partial charge in [-0.15, -0.1) is 11.3 Å². The summed E-state index contributed by atoms with van der Waals surface area (Å²) in [5.74, 6) is 0. The van der Waals surface area contributed by atoms with Gasteiger partial charge in [-0.3, -0.25) is 4.90 Å². The van der Waals surface area contributed by atoms with E-state index in [-0.39, 0.29) is 0 Å². The Labute approximate surface area is 122 Å². The lowest BCUT2D eigenvalue weighted by molar-refractivity contribution is 0.116. The maximum absolute atomic E-state index is 3.72. The minimum absolute atomic E-state index is 0.692. The lowest BCUT2D eigenvalue weighted by Crippen LogP contribution is -2.55. The van der Waals surface area contributed by atoms with Crippen LogP contribution in [0.5, 0.6) is 0 Å². The molecular formula is C16H28N2S. The average molecular weight is 280 g/mol. The molecule has 2 heterocycles. The highest BCUT2D eigenvalue weighted by atomic mass is 32.1. The summed E-state index contributed by atoms with van der Waals surface area (Å²) in [5, 5.41) is 5.97. The number of hydrogen-bond donors (Lipinski definition) is 1.